The minimum atomic E-state index is 0.872. The van der Waals surface area contributed by atoms with E-state index in [0.717, 1.165) is 44.0 Å². The summed E-state index contributed by atoms with van der Waals surface area (Å²) in [5, 5.41) is 6.75. The molecule has 0 unspecified atom stereocenters. The predicted octanol–water partition coefficient (Wildman–Crippen LogP) is 3.16. The van der Waals surface area contributed by atoms with Crippen LogP contribution in [0.2, 0.25) is 0 Å². The third-order valence-corrected chi connectivity index (χ3v) is 4.36. The Hall–Kier alpha value is -2.33. The van der Waals surface area contributed by atoms with E-state index in [2.05, 4.69) is 46.2 Å². The molecule has 0 amide bonds. The van der Waals surface area contributed by atoms with Gasteiger partial charge in [-0.25, -0.2) is 0 Å². The van der Waals surface area contributed by atoms with Crippen LogP contribution in [-0.4, -0.2) is 49.4 Å². The van der Waals surface area contributed by atoms with E-state index in [1.54, 1.807) is 7.11 Å². The molecule has 0 aromatic heterocycles. The molecule has 1 saturated heterocycles. The van der Waals surface area contributed by atoms with Crippen LogP contribution in [0, 0.1) is 6.92 Å². The molecule has 0 aliphatic carbocycles. The lowest BCUT2D eigenvalue weighted by molar-refractivity contribution is 0.131. The summed E-state index contributed by atoms with van der Waals surface area (Å²) in [6.07, 6.45) is 1.93. The summed E-state index contributed by atoms with van der Waals surface area (Å²) in [6.45, 7) is 7.19. The SMILES string of the molecule is COc1ccc(C=NN2CCN(Cc3ccc(C)cc3)CC2)cc1. The summed E-state index contributed by atoms with van der Waals surface area (Å²) in [5.41, 5.74) is 3.80. The Morgan fingerprint density at radius 1 is 0.958 bits per heavy atom. The zero-order chi connectivity index (χ0) is 16.8. The van der Waals surface area contributed by atoms with E-state index in [0.29, 0.717) is 0 Å². The summed E-state index contributed by atoms with van der Waals surface area (Å²) >= 11 is 0. The van der Waals surface area contributed by atoms with Gasteiger partial charge in [-0.15, -0.1) is 0 Å². The maximum absolute atomic E-state index is 5.17. The van der Waals surface area contributed by atoms with Gasteiger partial charge in [-0.2, -0.15) is 5.10 Å². The normalized spacial score (nSPS) is 15.8. The van der Waals surface area contributed by atoms with Gasteiger partial charge < -0.3 is 4.74 Å². The molecule has 1 fully saturated rings. The van der Waals surface area contributed by atoms with Gasteiger partial charge in [-0.05, 0) is 42.3 Å². The predicted molar refractivity (Wildman–Crippen MR) is 98.6 cm³/mol. The molecule has 24 heavy (non-hydrogen) atoms. The summed E-state index contributed by atoms with van der Waals surface area (Å²) in [6, 6.07) is 16.8. The lowest BCUT2D eigenvalue weighted by atomic mass is 10.1. The van der Waals surface area contributed by atoms with Gasteiger partial charge in [0.1, 0.15) is 5.75 Å². The highest BCUT2D eigenvalue weighted by Gasteiger charge is 2.15. The fourth-order valence-corrected chi connectivity index (χ4v) is 2.80. The molecule has 0 bridgehead atoms. The number of aryl methyl sites for hydroxylation is 1. The molecule has 0 atom stereocenters. The molecule has 1 heterocycles. The van der Waals surface area contributed by atoms with E-state index in [9.17, 15) is 0 Å². The van der Waals surface area contributed by atoms with E-state index in [4.69, 9.17) is 4.74 Å². The second-order valence-corrected chi connectivity index (χ2v) is 6.23. The summed E-state index contributed by atoms with van der Waals surface area (Å²) in [7, 11) is 1.68. The van der Waals surface area contributed by atoms with Crippen molar-refractivity contribution in [3.8, 4) is 5.75 Å². The molecule has 0 spiro atoms. The number of hydrazone groups is 1. The van der Waals surface area contributed by atoms with Crippen LogP contribution >= 0.6 is 0 Å². The number of methoxy groups -OCH3 is 1. The van der Waals surface area contributed by atoms with Crippen molar-refractivity contribution in [1.82, 2.24) is 9.91 Å². The monoisotopic (exact) mass is 323 g/mol. The first-order valence-electron chi connectivity index (χ1n) is 8.44. The molecule has 0 radical (unpaired) electrons. The third kappa shape index (κ3) is 4.59. The molecule has 1 aliphatic rings. The maximum atomic E-state index is 5.17. The largest absolute Gasteiger partial charge is 0.497 e. The van der Waals surface area contributed by atoms with Crippen molar-refractivity contribution in [3.05, 3.63) is 65.2 Å². The molecular formula is C20H25N3O. The van der Waals surface area contributed by atoms with Gasteiger partial charge in [-0.3, -0.25) is 9.91 Å². The van der Waals surface area contributed by atoms with Crippen molar-refractivity contribution in [1.29, 1.82) is 0 Å². The van der Waals surface area contributed by atoms with Crippen molar-refractivity contribution in [2.24, 2.45) is 5.10 Å². The number of piperazine rings is 1. The first kappa shape index (κ1) is 16.5. The van der Waals surface area contributed by atoms with Gasteiger partial charge in [0, 0.05) is 32.7 Å². The van der Waals surface area contributed by atoms with Gasteiger partial charge in [0.15, 0.2) is 0 Å². The van der Waals surface area contributed by atoms with Crippen LogP contribution in [0.4, 0.5) is 0 Å². The fraction of sp³-hybridized carbons (Fsp3) is 0.350. The number of ether oxygens (including phenoxy) is 1. The fourth-order valence-electron chi connectivity index (χ4n) is 2.80. The summed E-state index contributed by atoms with van der Waals surface area (Å²) in [5.74, 6) is 0.872. The molecule has 2 aromatic rings. The number of nitrogens with zero attached hydrogens (tertiary/aromatic N) is 3. The minimum absolute atomic E-state index is 0.872. The molecule has 3 rings (SSSR count). The standard InChI is InChI=1S/C20H25N3O/c1-17-3-5-19(6-4-17)16-22-11-13-23(14-12-22)21-15-18-7-9-20(24-2)10-8-18/h3-10,15H,11-14,16H2,1-2H3. The second-order valence-electron chi connectivity index (χ2n) is 6.23. The van der Waals surface area contributed by atoms with Crippen molar-refractivity contribution in [2.75, 3.05) is 33.3 Å². The first-order chi connectivity index (χ1) is 11.7. The second kappa shape index (κ2) is 7.97. The highest BCUT2D eigenvalue weighted by molar-refractivity contribution is 5.79. The van der Waals surface area contributed by atoms with Crippen LogP contribution < -0.4 is 4.74 Å². The van der Waals surface area contributed by atoms with E-state index in [1.165, 1.54) is 11.1 Å². The first-order valence-corrected chi connectivity index (χ1v) is 8.44. The van der Waals surface area contributed by atoms with Crippen molar-refractivity contribution in [2.45, 2.75) is 13.5 Å². The average molecular weight is 323 g/mol. The van der Waals surface area contributed by atoms with Crippen LogP contribution in [0.25, 0.3) is 0 Å². The lowest BCUT2D eigenvalue weighted by Crippen LogP contribution is -2.43. The van der Waals surface area contributed by atoms with Crippen molar-refractivity contribution >= 4 is 6.21 Å². The Bertz CT molecular complexity index is 656. The van der Waals surface area contributed by atoms with Crippen molar-refractivity contribution in [3.63, 3.8) is 0 Å². The number of benzene rings is 2. The third-order valence-electron chi connectivity index (χ3n) is 4.36. The Labute approximate surface area is 144 Å². The van der Waals surface area contributed by atoms with E-state index < -0.39 is 0 Å². The molecule has 126 valence electrons. The summed E-state index contributed by atoms with van der Waals surface area (Å²) in [4.78, 5) is 2.49. The Balaban J connectivity index is 1.47. The Kier molecular flexibility index (Phi) is 5.49. The molecule has 2 aromatic carbocycles. The zero-order valence-electron chi connectivity index (χ0n) is 14.5. The highest BCUT2D eigenvalue weighted by atomic mass is 16.5. The van der Waals surface area contributed by atoms with Gasteiger partial charge in [0.25, 0.3) is 0 Å². The highest BCUT2D eigenvalue weighted by Crippen LogP contribution is 2.12. The number of rotatable bonds is 5. The number of hydrogen-bond acceptors (Lipinski definition) is 4. The van der Waals surface area contributed by atoms with E-state index in [1.807, 2.05) is 30.5 Å². The van der Waals surface area contributed by atoms with Crippen LogP contribution in [0.1, 0.15) is 16.7 Å². The van der Waals surface area contributed by atoms with E-state index in [-0.39, 0.29) is 0 Å². The molecule has 0 saturated carbocycles. The van der Waals surface area contributed by atoms with Gasteiger partial charge in [0.2, 0.25) is 0 Å². The average Bonchev–Trinajstić information content (AvgIpc) is 2.63. The smallest absolute Gasteiger partial charge is 0.118 e. The van der Waals surface area contributed by atoms with Gasteiger partial charge >= 0.3 is 0 Å². The summed E-state index contributed by atoms with van der Waals surface area (Å²) < 4.78 is 5.17. The van der Waals surface area contributed by atoms with E-state index >= 15 is 0 Å². The molecule has 1 aliphatic heterocycles. The van der Waals surface area contributed by atoms with Crippen molar-refractivity contribution < 1.29 is 4.74 Å². The number of hydrogen-bond donors (Lipinski definition) is 0. The van der Waals surface area contributed by atoms with Crippen LogP contribution in [0.15, 0.2) is 53.6 Å². The Morgan fingerprint density at radius 3 is 2.25 bits per heavy atom. The topological polar surface area (TPSA) is 28.1 Å². The minimum Gasteiger partial charge on any atom is -0.497 e. The Morgan fingerprint density at radius 2 is 1.62 bits per heavy atom. The van der Waals surface area contributed by atoms with Crippen LogP contribution in [0.5, 0.6) is 5.75 Å². The van der Waals surface area contributed by atoms with Gasteiger partial charge in [0.05, 0.1) is 13.3 Å². The maximum Gasteiger partial charge on any atom is 0.118 e. The van der Waals surface area contributed by atoms with Gasteiger partial charge in [-0.1, -0.05) is 29.8 Å². The quantitative estimate of drug-likeness (QED) is 0.791. The lowest BCUT2D eigenvalue weighted by Gasteiger charge is -2.33. The molecule has 0 N–H and O–H groups in total. The molecule has 4 nitrogen and oxygen atoms in total. The molecule has 4 heteroatoms. The molecular weight excluding hydrogens is 298 g/mol. The van der Waals surface area contributed by atoms with Crippen LogP contribution in [-0.2, 0) is 6.54 Å². The zero-order valence-corrected chi connectivity index (χ0v) is 14.5. The van der Waals surface area contributed by atoms with Crippen LogP contribution in [0.3, 0.4) is 0 Å².